The smallest absolute Gasteiger partial charge is 0.159 e. The first-order chi connectivity index (χ1) is 13.5. The summed E-state index contributed by atoms with van der Waals surface area (Å²) in [4.78, 5) is 19.8. The van der Waals surface area contributed by atoms with Crippen LogP contribution >= 0.6 is 0 Å². The van der Waals surface area contributed by atoms with Crippen LogP contribution in [-0.4, -0.2) is 28.0 Å². The van der Waals surface area contributed by atoms with Crippen molar-refractivity contribution in [3.63, 3.8) is 0 Å². The van der Waals surface area contributed by atoms with Gasteiger partial charge in [-0.05, 0) is 18.4 Å². The highest BCUT2D eigenvalue weighted by Gasteiger charge is 2.17. The Hall–Kier alpha value is -3.54. The van der Waals surface area contributed by atoms with Crippen molar-refractivity contribution in [2.45, 2.75) is 19.8 Å². The highest BCUT2D eigenvalue weighted by molar-refractivity contribution is 6.16. The number of nitrogen functional groups attached to an aromatic ring is 1. The summed E-state index contributed by atoms with van der Waals surface area (Å²) < 4.78 is 0. The van der Waals surface area contributed by atoms with Crippen LogP contribution in [0.4, 0.5) is 11.6 Å². The SMILES string of the molecule is CC(=O)c1ccc(C(=N)c2c(N)ncnc2NCC(C)c2ccccc2)cc1. The van der Waals surface area contributed by atoms with E-state index in [0.717, 1.165) is 0 Å². The van der Waals surface area contributed by atoms with E-state index in [9.17, 15) is 4.79 Å². The number of rotatable bonds is 7. The molecule has 3 rings (SSSR count). The summed E-state index contributed by atoms with van der Waals surface area (Å²) in [5.41, 5.74) is 9.20. The number of carbonyl (C=O) groups is 1. The molecule has 6 nitrogen and oxygen atoms in total. The zero-order valence-corrected chi connectivity index (χ0v) is 15.9. The van der Waals surface area contributed by atoms with Gasteiger partial charge in [-0.15, -0.1) is 0 Å². The number of hydrogen-bond donors (Lipinski definition) is 3. The number of nitrogens with one attached hydrogen (secondary N) is 2. The Kier molecular flexibility index (Phi) is 5.79. The molecule has 0 saturated carbocycles. The van der Waals surface area contributed by atoms with Gasteiger partial charge < -0.3 is 11.1 Å². The first-order valence-corrected chi connectivity index (χ1v) is 9.07. The average molecular weight is 373 g/mol. The molecular weight excluding hydrogens is 350 g/mol. The van der Waals surface area contributed by atoms with E-state index in [-0.39, 0.29) is 23.2 Å². The van der Waals surface area contributed by atoms with Crippen LogP contribution in [0.1, 0.15) is 46.8 Å². The summed E-state index contributed by atoms with van der Waals surface area (Å²) >= 11 is 0. The largest absolute Gasteiger partial charge is 0.383 e. The van der Waals surface area contributed by atoms with E-state index >= 15 is 0 Å². The van der Waals surface area contributed by atoms with E-state index in [2.05, 4.69) is 34.3 Å². The molecule has 6 heteroatoms. The van der Waals surface area contributed by atoms with E-state index in [0.29, 0.717) is 29.1 Å². The standard InChI is InChI=1S/C22H23N5O/c1-14(16-6-4-3-5-7-16)12-25-22-19(21(24)26-13-27-22)20(23)18-10-8-17(9-11-18)15(2)28/h3-11,13-14,23H,12H2,1-2H3,(H3,24,25,26,27). The van der Waals surface area contributed by atoms with Gasteiger partial charge in [-0.1, -0.05) is 61.5 Å². The normalized spacial score (nSPS) is 11.6. The van der Waals surface area contributed by atoms with Crippen molar-refractivity contribution < 1.29 is 4.79 Å². The third-order valence-corrected chi connectivity index (χ3v) is 4.65. The number of nitrogens with zero attached hydrogens (tertiary/aromatic N) is 2. The minimum atomic E-state index is -0.0158. The fraction of sp³-hybridized carbons (Fsp3) is 0.182. The van der Waals surface area contributed by atoms with Crippen molar-refractivity contribution >= 4 is 23.1 Å². The van der Waals surface area contributed by atoms with Gasteiger partial charge >= 0.3 is 0 Å². The van der Waals surface area contributed by atoms with Crippen LogP contribution < -0.4 is 11.1 Å². The number of anilines is 2. The van der Waals surface area contributed by atoms with Crippen molar-refractivity contribution in [2.24, 2.45) is 0 Å². The Morgan fingerprint density at radius 3 is 2.36 bits per heavy atom. The van der Waals surface area contributed by atoms with Crippen LogP contribution in [0, 0.1) is 5.41 Å². The summed E-state index contributed by atoms with van der Waals surface area (Å²) in [6.45, 7) is 4.28. The molecule has 0 aliphatic rings. The highest BCUT2D eigenvalue weighted by Crippen LogP contribution is 2.23. The summed E-state index contributed by atoms with van der Waals surface area (Å²) in [5, 5.41) is 11.9. The van der Waals surface area contributed by atoms with Crippen molar-refractivity contribution in [3.8, 4) is 0 Å². The molecule has 0 amide bonds. The lowest BCUT2D eigenvalue weighted by Crippen LogP contribution is -2.17. The molecule has 0 bridgehead atoms. The molecule has 2 aromatic carbocycles. The van der Waals surface area contributed by atoms with E-state index in [1.165, 1.54) is 18.8 Å². The lowest BCUT2D eigenvalue weighted by atomic mass is 9.99. The molecule has 1 atom stereocenters. The molecule has 0 saturated heterocycles. The maximum absolute atomic E-state index is 11.5. The minimum absolute atomic E-state index is 0.0158. The quantitative estimate of drug-likeness (QED) is 0.430. The zero-order chi connectivity index (χ0) is 20.1. The molecule has 0 spiro atoms. The van der Waals surface area contributed by atoms with Crippen LogP contribution in [0.15, 0.2) is 60.9 Å². The number of aromatic nitrogens is 2. The molecule has 28 heavy (non-hydrogen) atoms. The number of Topliss-reactive ketones (excluding diaryl/α,β-unsaturated/α-hetero) is 1. The van der Waals surface area contributed by atoms with Gasteiger partial charge in [0.25, 0.3) is 0 Å². The molecule has 3 aromatic rings. The Bertz CT molecular complexity index is 984. The number of benzene rings is 2. The second-order valence-electron chi connectivity index (χ2n) is 6.68. The first kappa shape index (κ1) is 19.2. The monoisotopic (exact) mass is 373 g/mol. The number of hydrogen-bond acceptors (Lipinski definition) is 6. The summed E-state index contributed by atoms with van der Waals surface area (Å²) in [6, 6.07) is 17.1. The van der Waals surface area contributed by atoms with Crippen LogP contribution in [0.5, 0.6) is 0 Å². The second-order valence-corrected chi connectivity index (χ2v) is 6.68. The van der Waals surface area contributed by atoms with Crippen molar-refractivity contribution in [2.75, 3.05) is 17.6 Å². The zero-order valence-electron chi connectivity index (χ0n) is 15.9. The van der Waals surface area contributed by atoms with Gasteiger partial charge in [0.05, 0.1) is 11.3 Å². The maximum atomic E-state index is 11.5. The molecule has 0 aliphatic carbocycles. The minimum Gasteiger partial charge on any atom is -0.383 e. The van der Waals surface area contributed by atoms with Crippen LogP contribution in [0.3, 0.4) is 0 Å². The number of carbonyl (C=O) groups excluding carboxylic acids is 1. The van der Waals surface area contributed by atoms with Gasteiger partial charge in [0.2, 0.25) is 0 Å². The third kappa shape index (κ3) is 4.23. The van der Waals surface area contributed by atoms with Crippen molar-refractivity contribution in [3.05, 3.63) is 83.2 Å². The highest BCUT2D eigenvalue weighted by atomic mass is 16.1. The predicted octanol–water partition coefficient (Wildman–Crippen LogP) is 3.89. The summed E-state index contributed by atoms with van der Waals surface area (Å²) in [7, 11) is 0. The van der Waals surface area contributed by atoms with E-state index in [1.807, 2.05) is 18.2 Å². The van der Waals surface area contributed by atoms with E-state index in [1.54, 1.807) is 24.3 Å². The fourth-order valence-electron chi connectivity index (χ4n) is 2.94. The summed E-state index contributed by atoms with van der Waals surface area (Å²) in [6.07, 6.45) is 1.39. The van der Waals surface area contributed by atoms with Gasteiger partial charge in [0, 0.05) is 17.7 Å². The van der Waals surface area contributed by atoms with Crippen molar-refractivity contribution in [1.82, 2.24) is 9.97 Å². The van der Waals surface area contributed by atoms with Gasteiger partial charge in [-0.2, -0.15) is 0 Å². The molecule has 1 aromatic heterocycles. The fourth-order valence-corrected chi connectivity index (χ4v) is 2.94. The Morgan fingerprint density at radius 2 is 1.71 bits per heavy atom. The number of ketones is 1. The van der Waals surface area contributed by atoms with Gasteiger partial charge in [-0.3, -0.25) is 10.2 Å². The van der Waals surface area contributed by atoms with Gasteiger partial charge in [0.15, 0.2) is 5.78 Å². The van der Waals surface area contributed by atoms with E-state index < -0.39 is 0 Å². The van der Waals surface area contributed by atoms with Crippen LogP contribution in [0.25, 0.3) is 0 Å². The predicted molar refractivity (Wildman–Crippen MR) is 112 cm³/mol. The molecule has 0 aliphatic heterocycles. The topological polar surface area (TPSA) is 105 Å². The average Bonchev–Trinajstić information content (AvgIpc) is 2.72. The Labute approximate surface area is 164 Å². The summed E-state index contributed by atoms with van der Waals surface area (Å²) in [5.74, 6) is 1.01. The molecule has 0 radical (unpaired) electrons. The Balaban J connectivity index is 1.83. The lowest BCUT2D eigenvalue weighted by molar-refractivity contribution is 0.101. The van der Waals surface area contributed by atoms with Crippen molar-refractivity contribution in [1.29, 1.82) is 5.41 Å². The molecular formula is C22H23N5O. The third-order valence-electron chi connectivity index (χ3n) is 4.65. The van der Waals surface area contributed by atoms with Crippen LogP contribution in [-0.2, 0) is 0 Å². The first-order valence-electron chi connectivity index (χ1n) is 9.07. The molecule has 142 valence electrons. The van der Waals surface area contributed by atoms with E-state index in [4.69, 9.17) is 11.1 Å². The molecule has 1 heterocycles. The lowest BCUT2D eigenvalue weighted by Gasteiger charge is -2.17. The molecule has 0 fully saturated rings. The van der Waals surface area contributed by atoms with Gasteiger partial charge in [0.1, 0.15) is 18.0 Å². The Morgan fingerprint density at radius 1 is 1.07 bits per heavy atom. The molecule has 4 N–H and O–H groups in total. The van der Waals surface area contributed by atoms with Crippen LogP contribution in [0.2, 0.25) is 0 Å². The second kappa shape index (κ2) is 8.43. The van der Waals surface area contributed by atoms with Gasteiger partial charge in [-0.25, -0.2) is 9.97 Å². The number of nitrogens with two attached hydrogens (primary N) is 1. The maximum Gasteiger partial charge on any atom is 0.159 e. The molecule has 1 unspecified atom stereocenters.